The van der Waals surface area contributed by atoms with Crippen molar-refractivity contribution in [1.29, 1.82) is 0 Å². The molecule has 0 aliphatic carbocycles. The molecule has 24 heavy (non-hydrogen) atoms. The van der Waals surface area contributed by atoms with Gasteiger partial charge in [-0.3, -0.25) is 5.43 Å². The van der Waals surface area contributed by atoms with E-state index in [-0.39, 0.29) is 10.1 Å². The lowest BCUT2D eigenvalue weighted by molar-refractivity contribution is -0.138. The number of halogens is 2. The van der Waals surface area contributed by atoms with Crippen LogP contribution in [0.25, 0.3) is 0 Å². The summed E-state index contributed by atoms with van der Waals surface area (Å²) >= 11 is 11.9. The van der Waals surface area contributed by atoms with E-state index in [0.29, 0.717) is 12.1 Å². The van der Waals surface area contributed by atoms with Crippen molar-refractivity contribution < 1.29 is 9.53 Å². The van der Waals surface area contributed by atoms with Gasteiger partial charge in [0.15, 0.2) is 0 Å². The van der Waals surface area contributed by atoms with Crippen LogP contribution in [-0.2, 0) is 9.53 Å². The second-order valence-corrected chi connectivity index (χ2v) is 5.95. The number of rotatable bonds is 5. The highest BCUT2D eigenvalue weighted by Gasteiger charge is 2.33. The van der Waals surface area contributed by atoms with Crippen LogP contribution in [0.4, 0.5) is 5.69 Å². The van der Waals surface area contributed by atoms with Crippen LogP contribution in [0.3, 0.4) is 0 Å². The van der Waals surface area contributed by atoms with Crippen molar-refractivity contribution >= 4 is 40.6 Å². The molecule has 0 saturated carbocycles. The number of hydrazone groups is 1. The third-order valence-corrected chi connectivity index (χ3v) is 4.39. The number of cyclic esters (lactones) is 1. The summed E-state index contributed by atoms with van der Waals surface area (Å²) in [7, 11) is 0. The van der Waals surface area contributed by atoms with Gasteiger partial charge in [-0.25, -0.2) is 4.79 Å². The number of ether oxygens (including phenoxy) is 1. The van der Waals surface area contributed by atoms with Gasteiger partial charge in [0, 0.05) is 6.42 Å². The van der Waals surface area contributed by atoms with Gasteiger partial charge in [0.2, 0.25) is 0 Å². The van der Waals surface area contributed by atoms with Crippen molar-refractivity contribution in [3.63, 3.8) is 0 Å². The number of esters is 1. The van der Waals surface area contributed by atoms with Gasteiger partial charge >= 0.3 is 5.97 Å². The lowest BCUT2D eigenvalue weighted by Crippen LogP contribution is -2.17. The van der Waals surface area contributed by atoms with Crippen molar-refractivity contribution in [2.45, 2.75) is 12.5 Å². The zero-order valence-electron chi connectivity index (χ0n) is 12.6. The largest absolute Gasteiger partial charge is 0.452 e. The van der Waals surface area contributed by atoms with Crippen LogP contribution in [0.1, 0.15) is 12.0 Å². The van der Waals surface area contributed by atoms with Crippen LogP contribution >= 0.6 is 23.2 Å². The van der Waals surface area contributed by atoms with E-state index >= 15 is 0 Å². The molecule has 1 N–H and O–H groups in total. The Bertz CT molecular complexity index is 789. The Morgan fingerprint density at radius 1 is 1.04 bits per heavy atom. The molecule has 0 spiro atoms. The van der Waals surface area contributed by atoms with E-state index in [4.69, 9.17) is 27.9 Å². The van der Waals surface area contributed by atoms with Gasteiger partial charge in [0.05, 0.1) is 16.4 Å². The Morgan fingerprint density at radius 2 is 1.67 bits per heavy atom. The summed E-state index contributed by atoms with van der Waals surface area (Å²) in [4.78, 5) is 11.5. The molecule has 6 heteroatoms. The molecule has 0 aromatic heterocycles. The smallest absolute Gasteiger partial charge is 0.351 e. The number of hydrogen-bond donors (Lipinski definition) is 1. The topological polar surface area (TPSA) is 50.7 Å². The van der Waals surface area contributed by atoms with Crippen LogP contribution in [0, 0.1) is 0 Å². The molecule has 1 heterocycles. The SMILES string of the molecule is O=C1OC(CC(=NNc2ccccc2)c2ccccc2)C(Cl)=C1Cl. The summed E-state index contributed by atoms with van der Waals surface area (Å²) in [5.74, 6) is -0.602. The number of nitrogens with one attached hydrogen (secondary N) is 1. The molecule has 1 aliphatic heterocycles. The average molecular weight is 361 g/mol. The standard InChI is InChI=1S/C18H14Cl2N2O2/c19-16-15(24-18(23)17(16)20)11-14(12-7-3-1-4-8-12)22-21-13-9-5-2-6-10-13/h1-10,15,21H,11H2. The predicted molar refractivity (Wildman–Crippen MR) is 96.3 cm³/mol. The number of carbonyl (C=O) groups excluding carboxylic acids is 1. The molecule has 0 bridgehead atoms. The summed E-state index contributed by atoms with van der Waals surface area (Å²) in [6.07, 6.45) is -0.298. The van der Waals surface area contributed by atoms with E-state index in [1.54, 1.807) is 0 Å². The summed E-state index contributed by atoms with van der Waals surface area (Å²) in [6.45, 7) is 0. The van der Waals surface area contributed by atoms with Crippen molar-refractivity contribution in [3.05, 3.63) is 76.3 Å². The van der Waals surface area contributed by atoms with E-state index in [0.717, 1.165) is 11.3 Å². The Hall–Kier alpha value is -2.30. The van der Waals surface area contributed by atoms with Gasteiger partial charge in [0.25, 0.3) is 0 Å². The maximum atomic E-state index is 11.5. The normalized spacial score (nSPS) is 17.8. The van der Waals surface area contributed by atoms with E-state index in [1.165, 1.54) is 0 Å². The van der Waals surface area contributed by atoms with Crippen LogP contribution < -0.4 is 5.43 Å². The van der Waals surface area contributed by atoms with Crippen molar-refractivity contribution in [2.75, 3.05) is 5.43 Å². The molecule has 122 valence electrons. The Kier molecular flexibility index (Phi) is 5.18. The highest BCUT2D eigenvalue weighted by atomic mass is 35.5. The first-order chi connectivity index (χ1) is 11.6. The first kappa shape index (κ1) is 16.6. The molecule has 4 nitrogen and oxygen atoms in total. The van der Waals surface area contributed by atoms with Crippen LogP contribution in [0.15, 0.2) is 75.8 Å². The molecule has 3 rings (SSSR count). The van der Waals surface area contributed by atoms with Gasteiger partial charge in [-0.05, 0) is 17.7 Å². The number of anilines is 1. The number of hydrogen-bond acceptors (Lipinski definition) is 4. The lowest BCUT2D eigenvalue weighted by Gasteiger charge is -2.13. The van der Waals surface area contributed by atoms with E-state index in [1.807, 2.05) is 60.7 Å². The quantitative estimate of drug-likeness (QED) is 0.484. The number of carbonyl (C=O) groups is 1. The van der Waals surface area contributed by atoms with Crippen LogP contribution in [0.2, 0.25) is 0 Å². The number of para-hydroxylation sites is 1. The zero-order chi connectivity index (χ0) is 16.9. The zero-order valence-corrected chi connectivity index (χ0v) is 14.1. The Labute approximate surface area is 149 Å². The highest BCUT2D eigenvalue weighted by molar-refractivity contribution is 6.48. The maximum Gasteiger partial charge on any atom is 0.351 e. The second-order valence-electron chi connectivity index (χ2n) is 5.16. The van der Waals surface area contributed by atoms with Crippen LogP contribution in [0.5, 0.6) is 0 Å². The lowest BCUT2D eigenvalue weighted by atomic mass is 10.0. The van der Waals surface area contributed by atoms with E-state index in [2.05, 4.69) is 10.5 Å². The molecule has 0 amide bonds. The molecule has 2 aromatic carbocycles. The van der Waals surface area contributed by atoms with Crippen molar-refractivity contribution in [2.24, 2.45) is 5.10 Å². The average Bonchev–Trinajstić information content (AvgIpc) is 2.87. The van der Waals surface area contributed by atoms with E-state index < -0.39 is 12.1 Å². The van der Waals surface area contributed by atoms with Gasteiger partial charge in [-0.2, -0.15) is 5.10 Å². The predicted octanol–water partition coefficient (Wildman–Crippen LogP) is 4.51. The third-order valence-electron chi connectivity index (χ3n) is 3.50. The number of benzene rings is 2. The molecule has 0 saturated heterocycles. The Morgan fingerprint density at radius 3 is 2.25 bits per heavy atom. The van der Waals surface area contributed by atoms with Gasteiger partial charge in [-0.15, -0.1) is 0 Å². The summed E-state index contributed by atoms with van der Waals surface area (Å²) in [5, 5.41) is 4.61. The minimum Gasteiger partial charge on any atom is -0.452 e. The van der Waals surface area contributed by atoms with Crippen molar-refractivity contribution in [3.8, 4) is 0 Å². The second kappa shape index (κ2) is 7.51. The first-order valence-electron chi connectivity index (χ1n) is 7.34. The minimum absolute atomic E-state index is 0.0647. The molecule has 1 unspecified atom stereocenters. The first-order valence-corrected chi connectivity index (χ1v) is 8.10. The van der Waals surface area contributed by atoms with E-state index in [9.17, 15) is 4.79 Å². The molecule has 2 aromatic rings. The molecule has 1 atom stereocenters. The molecule has 0 radical (unpaired) electrons. The minimum atomic E-state index is -0.622. The van der Waals surface area contributed by atoms with Gasteiger partial charge in [-0.1, -0.05) is 71.7 Å². The number of nitrogens with zero attached hydrogens (tertiary/aromatic N) is 1. The summed E-state index contributed by atoms with van der Waals surface area (Å²) in [5.41, 5.74) is 5.48. The molecular formula is C18H14Cl2N2O2. The molecule has 1 aliphatic rings. The van der Waals surface area contributed by atoms with Crippen LogP contribution in [-0.4, -0.2) is 17.8 Å². The fraction of sp³-hybridized carbons (Fsp3) is 0.111. The van der Waals surface area contributed by atoms with Crippen molar-refractivity contribution in [1.82, 2.24) is 0 Å². The fourth-order valence-corrected chi connectivity index (χ4v) is 2.65. The molecular weight excluding hydrogens is 347 g/mol. The van der Waals surface area contributed by atoms with Gasteiger partial charge < -0.3 is 4.74 Å². The summed E-state index contributed by atoms with van der Waals surface area (Å²) < 4.78 is 5.20. The third kappa shape index (κ3) is 3.78. The fourth-order valence-electron chi connectivity index (χ4n) is 2.28. The summed E-state index contributed by atoms with van der Waals surface area (Å²) in [6, 6.07) is 19.2. The highest BCUT2D eigenvalue weighted by Crippen LogP contribution is 2.31. The maximum absolute atomic E-state index is 11.5. The molecule has 0 fully saturated rings. The monoisotopic (exact) mass is 360 g/mol. The van der Waals surface area contributed by atoms with Gasteiger partial charge in [0.1, 0.15) is 11.1 Å². The Balaban J connectivity index is 1.85.